The zero-order valence-corrected chi connectivity index (χ0v) is 10.9. The van der Waals surface area contributed by atoms with E-state index in [9.17, 15) is 18.0 Å². The molecule has 20 heavy (non-hydrogen) atoms. The highest BCUT2D eigenvalue weighted by Crippen LogP contribution is 2.32. The summed E-state index contributed by atoms with van der Waals surface area (Å²) in [4.78, 5) is 11.7. The third-order valence-corrected chi connectivity index (χ3v) is 3.19. The molecular formula is C14H14F3NO2. The second kappa shape index (κ2) is 5.66. The molecule has 1 N–H and O–H groups in total. The summed E-state index contributed by atoms with van der Waals surface area (Å²) < 4.78 is 42.9. The molecule has 0 aromatic heterocycles. The summed E-state index contributed by atoms with van der Waals surface area (Å²) in [6.45, 7) is 0.957. The minimum absolute atomic E-state index is 0.353. The van der Waals surface area contributed by atoms with E-state index in [0.29, 0.717) is 36.2 Å². The van der Waals surface area contributed by atoms with Crippen molar-refractivity contribution in [1.29, 1.82) is 0 Å². The van der Waals surface area contributed by atoms with Gasteiger partial charge in [-0.25, -0.2) is 4.79 Å². The summed E-state index contributed by atoms with van der Waals surface area (Å²) in [6.07, 6.45) is -3.96. The van der Waals surface area contributed by atoms with Gasteiger partial charge in [0.05, 0.1) is 12.7 Å². The SMILES string of the molecule is COC(=O)C1=C(c2cccc(C(F)(F)F)c2)CNCC1. The Hall–Kier alpha value is -1.82. The molecule has 0 spiro atoms. The number of hydrogen-bond donors (Lipinski definition) is 1. The zero-order chi connectivity index (χ0) is 14.8. The first kappa shape index (κ1) is 14.6. The quantitative estimate of drug-likeness (QED) is 0.849. The molecule has 1 aromatic carbocycles. The molecule has 2 rings (SSSR count). The molecule has 0 saturated carbocycles. The van der Waals surface area contributed by atoms with Crippen LogP contribution in [0.2, 0.25) is 0 Å². The third kappa shape index (κ3) is 3.01. The maximum atomic E-state index is 12.7. The molecule has 0 radical (unpaired) electrons. The Kier molecular flexibility index (Phi) is 4.13. The van der Waals surface area contributed by atoms with E-state index in [2.05, 4.69) is 5.32 Å². The summed E-state index contributed by atoms with van der Waals surface area (Å²) in [6, 6.07) is 4.98. The highest BCUT2D eigenvalue weighted by Gasteiger charge is 2.31. The summed E-state index contributed by atoms with van der Waals surface area (Å²) >= 11 is 0. The van der Waals surface area contributed by atoms with Crippen molar-refractivity contribution in [2.45, 2.75) is 12.6 Å². The largest absolute Gasteiger partial charge is 0.466 e. The number of benzene rings is 1. The first-order valence-corrected chi connectivity index (χ1v) is 6.12. The molecule has 0 atom stereocenters. The summed E-state index contributed by atoms with van der Waals surface area (Å²) in [7, 11) is 1.27. The lowest BCUT2D eigenvalue weighted by atomic mass is 9.94. The first-order chi connectivity index (χ1) is 9.43. The highest BCUT2D eigenvalue weighted by molar-refractivity contribution is 5.98. The number of hydrogen-bond acceptors (Lipinski definition) is 3. The molecule has 1 aliphatic heterocycles. The Bertz CT molecular complexity index is 550. The van der Waals surface area contributed by atoms with Gasteiger partial charge in [-0.3, -0.25) is 0 Å². The van der Waals surface area contributed by atoms with Gasteiger partial charge < -0.3 is 10.1 Å². The fourth-order valence-corrected chi connectivity index (χ4v) is 2.19. The van der Waals surface area contributed by atoms with Crippen molar-refractivity contribution in [2.75, 3.05) is 20.2 Å². The van der Waals surface area contributed by atoms with Gasteiger partial charge in [-0.2, -0.15) is 13.2 Å². The van der Waals surface area contributed by atoms with Crippen LogP contribution in [0.25, 0.3) is 5.57 Å². The maximum Gasteiger partial charge on any atom is 0.416 e. The Morgan fingerprint density at radius 2 is 2.10 bits per heavy atom. The predicted octanol–water partition coefficient (Wildman–Crippen LogP) is 2.63. The van der Waals surface area contributed by atoms with E-state index in [4.69, 9.17) is 4.74 Å². The Morgan fingerprint density at radius 1 is 1.35 bits per heavy atom. The van der Waals surface area contributed by atoms with Gasteiger partial charge in [0, 0.05) is 12.1 Å². The van der Waals surface area contributed by atoms with Gasteiger partial charge in [0.25, 0.3) is 0 Å². The number of alkyl halides is 3. The number of carbonyl (C=O) groups is 1. The molecule has 3 nitrogen and oxygen atoms in total. The first-order valence-electron chi connectivity index (χ1n) is 6.12. The van der Waals surface area contributed by atoms with Crippen LogP contribution >= 0.6 is 0 Å². The minimum Gasteiger partial charge on any atom is -0.466 e. The van der Waals surface area contributed by atoms with Crippen LogP contribution in [-0.4, -0.2) is 26.2 Å². The van der Waals surface area contributed by atoms with Gasteiger partial charge in [0.15, 0.2) is 0 Å². The van der Waals surface area contributed by atoms with Crippen molar-refractivity contribution in [3.63, 3.8) is 0 Å². The molecule has 1 heterocycles. The standard InChI is InChI=1S/C14H14F3NO2/c1-20-13(19)11-5-6-18-8-12(11)9-3-2-4-10(7-9)14(15,16)17/h2-4,7,18H,5-6,8H2,1H3. The summed E-state index contributed by atoms with van der Waals surface area (Å²) in [5.74, 6) is -0.487. The van der Waals surface area contributed by atoms with Crippen molar-refractivity contribution in [3.05, 3.63) is 41.0 Å². The van der Waals surface area contributed by atoms with Crippen LogP contribution in [0.1, 0.15) is 17.5 Å². The average molecular weight is 285 g/mol. The maximum absolute atomic E-state index is 12.7. The van der Waals surface area contributed by atoms with Crippen LogP contribution in [0.3, 0.4) is 0 Å². The third-order valence-electron chi connectivity index (χ3n) is 3.19. The Morgan fingerprint density at radius 3 is 2.75 bits per heavy atom. The second-order valence-electron chi connectivity index (χ2n) is 4.45. The smallest absolute Gasteiger partial charge is 0.416 e. The number of methoxy groups -OCH3 is 1. The van der Waals surface area contributed by atoms with Gasteiger partial charge in [-0.1, -0.05) is 12.1 Å². The highest BCUT2D eigenvalue weighted by atomic mass is 19.4. The van der Waals surface area contributed by atoms with Crippen molar-refractivity contribution in [3.8, 4) is 0 Å². The molecule has 0 unspecified atom stereocenters. The molecule has 0 fully saturated rings. The van der Waals surface area contributed by atoms with Gasteiger partial charge in [0.2, 0.25) is 0 Å². The van der Waals surface area contributed by atoms with Gasteiger partial charge in [0.1, 0.15) is 0 Å². The van der Waals surface area contributed by atoms with Crippen molar-refractivity contribution >= 4 is 11.5 Å². The summed E-state index contributed by atoms with van der Waals surface area (Å²) in [5, 5.41) is 3.05. The van der Waals surface area contributed by atoms with Gasteiger partial charge in [-0.05, 0) is 36.2 Å². The van der Waals surface area contributed by atoms with E-state index in [-0.39, 0.29) is 0 Å². The molecule has 0 aliphatic carbocycles. The van der Waals surface area contributed by atoms with Crippen LogP contribution in [-0.2, 0) is 15.7 Å². The topological polar surface area (TPSA) is 38.3 Å². The minimum atomic E-state index is -4.40. The number of halogens is 3. The Labute approximate surface area is 114 Å². The second-order valence-corrected chi connectivity index (χ2v) is 4.45. The molecular weight excluding hydrogens is 271 g/mol. The lowest BCUT2D eigenvalue weighted by molar-refractivity contribution is -0.137. The molecule has 1 aromatic rings. The fraction of sp³-hybridized carbons (Fsp3) is 0.357. The Balaban J connectivity index is 2.48. The molecule has 0 amide bonds. The molecule has 0 saturated heterocycles. The van der Waals surface area contributed by atoms with Gasteiger partial charge in [-0.15, -0.1) is 0 Å². The van der Waals surface area contributed by atoms with E-state index >= 15 is 0 Å². The van der Waals surface area contributed by atoms with E-state index in [1.807, 2.05) is 0 Å². The van der Waals surface area contributed by atoms with Crippen molar-refractivity contribution < 1.29 is 22.7 Å². The average Bonchev–Trinajstić information content (AvgIpc) is 2.45. The van der Waals surface area contributed by atoms with Crippen LogP contribution in [0, 0.1) is 0 Å². The number of rotatable bonds is 2. The normalized spacial score (nSPS) is 16.2. The summed E-state index contributed by atoms with van der Waals surface area (Å²) in [5.41, 5.74) is 0.671. The number of esters is 1. The fourth-order valence-electron chi connectivity index (χ4n) is 2.19. The lowest BCUT2D eigenvalue weighted by Gasteiger charge is -2.21. The molecule has 0 bridgehead atoms. The van der Waals surface area contributed by atoms with Crippen molar-refractivity contribution in [1.82, 2.24) is 5.32 Å². The molecule has 108 valence electrons. The zero-order valence-electron chi connectivity index (χ0n) is 10.9. The van der Waals surface area contributed by atoms with Gasteiger partial charge >= 0.3 is 12.1 Å². The van der Waals surface area contributed by atoms with Crippen molar-refractivity contribution in [2.24, 2.45) is 0 Å². The molecule has 6 heteroatoms. The van der Waals surface area contributed by atoms with E-state index < -0.39 is 17.7 Å². The predicted molar refractivity (Wildman–Crippen MR) is 67.9 cm³/mol. The van der Waals surface area contributed by atoms with E-state index in [1.54, 1.807) is 6.07 Å². The van der Waals surface area contributed by atoms with E-state index in [1.165, 1.54) is 13.2 Å². The molecule has 1 aliphatic rings. The van der Waals surface area contributed by atoms with E-state index in [0.717, 1.165) is 12.1 Å². The number of ether oxygens (including phenoxy) is 1. The van der Waals surface area contributed by atoms with Crippen LogP contribution in [0.4, 0.5) is 13.2 Å². The lowest BCUT2D eigenvalue weighted by Crippen LogP contribution is -2.27. The number of carbonyl (C=O) groups excluding carboxylic acids is 1. The van der Waals surface area contributed by atoms with Crippen LogP contribution < -0.4 is 5.32 Å². The van der Waals surface area contributed by atoms with Crippen LogP contribution in [0.15, 0.2) is 29.8 Å². The van der Waals surface area contributed by atoms with Crippen LogP contribution in [0.5, 0.6) is 0 Å². The number of nitrogens with one attached hydrogen (secondary N) is 1. The monoisotopic (exact) mass is 285 g/mol.